The van der Waals surface area contributed by atoms with Crippen LogP contribution < -0.4 is 10.1 Å². The van der Waals surface area contributed by atoms with Gasteiger partial charge in [-0.3, -0.25) is 4.79 Å². The van der Waals surface area contributed by atoms with Crippen molar-refractivity contribution in [2.75, 3.05) is 18.5 Å². The van der Waals surface area contributed by atoms with Crippen LogP contribution in [0.25, 0.3) is 0 Å². The molecule has 0 saturated carbocycles. The minimum Gasteiger partial charge on any atom is -0.483 e. The second-order valence-electron chi connectivity index (χ2n) is 8.16. The lowest BCUT2D eigenvalue weighted by Crippen LogP contribution is -2.22. The molecule has 0 spiro atoms. The Morgan fingerprint density at radius 2 is 1.83 bits per heavy atom. The van der Waals surface area contributed by atoms with Crippen LogP contribution in [-0.2, 0) is 14.9 Å². The summed E-state index contributed by atoms with van der Waals surface area (Å²) < 4.78 is 11.0. The standard InChI is InChI=1S/C24H31NO4/c1-6-7-13-28-23(27)18-9-8-10-19(15-18)25-22(26)16-29-21-14-17(2)11-12-20(21)24(3,4)5/h8-12,14-15H,6-7,13,16H2,1-5H3,(H,25,26). The number of ether oxygens (including phenoxy) is 2. The smallest absolute Gasteiger partial charge is 0.338 e. The molecule has 0 aliphatic rings. The molecule has 0 unspecified atom stereocenters. The van der Waals surface area contributed by atoms with Crippen molar-refractivity contribution in [3.63, 3.8) is 0 Å². The van der Waals surface area contributed by atoms with Gasteiger partial charge in [0.2, 0.25) is 0 Å². The van der Waals surface area contributed by atoms with Crippen molar-refractivity contribution in [2.45, 2.75) is 52.9 Å². The molecule has 2 aromatic carbocycles. The Morgan fingerprint density at radius 1 is 1.07 bits per heavy atom. The third-order valence-corrected chi connectivity index (χ3v) is 4.42. The van der Waals surface area contributed by atoms with Crippen molar-refractivity contribution in [3.05, 3.63) is 59.2 Å². The fourth-order valence-corrected chi connectivity index (χ4v) is 2.83. The van der Waals surface area contributed by atoms with Crippen LogP contribution in [-0.4, -0.2) is 25.1 Å². The third kappa shape index (κ3) is 6.93. The number of esters is 1. The van der Waals surface area contributed by atoms with E-state index < -0.39 is 0 Å². The maximum Gasteiger partial charge on any atom is 0.338 e. The van der Waals surface area contributed by atoms with Gasteiger partial charge in [0.1, 0.15) is 5.75 Å². The van der Waals surface area contributed by atoms with Gasteiger partial charge in [-0.25, -0.2) is 4.79 Å². The van der Waals surface area contributed by atoms with E-state index in [0.717, 1.165) is 24.0 Å². The van der Waals surface area contributed by atoms with Crippen LogP contribution >= 0.6 is 0 Å². The first-order valence-corrected chi connectivity index (χ1v) is 10.0. The van der Waals surface area contributed by atoms with Gasteiger partial charge >= 0.3 is 5.97 Å². The Morgan fingerprint density at radius 3 is 2.52 bits per heavy atom. The molecule has 0 fully saturated rings. The van der Waals surface area contributed by atoms with Crippen molar-refractivity contribution in [1.82, 2.24) is 0 Å². The Bertz CT molecular complexity index is 852. The highest BCUT2D eigenvalue weighted by Gasteiger charge is 2.19. The third-order valence-electron chi connectivity index (χ3n) is 4.42. The lowest BCUT2D eigenvalue weighted by molar-refractivity contribution is -0.118. The molecule has 0 aliphatic carbocycles. The van der Waals surface area contributed by atoms with E-state index in [1.165, 1.54) is 0 Å². The summed E-state index contributed by atoms with van der Waals surface area (Å²) >= 11 is 0. The quantitative estimate of drug-likeness (QED) is 0.487. The maximum atomic E-state index is 12.4. The molecule has 156 valence electrons. The number of carbonyl (C=O) groups is 2. The molecule has 5 heteroatoms. The van der Waals surface area contributed by atoms with Crippen LogP contribution in [0.3, 0.4) is 0 Å². The number of amides is 1. The number of aryl methyl sites for hydroxylation is 1. The largest absolute Gasteiger partial charge is 0.483 e. The molecule has 0 aromatic heterocycles. The molecular weight excluding hydrogens is 366 g/mol. The van der Waals surface area contributed by atoms with Gasteiger partial charge in [-0.15, -0.1) is 0 Å². The zero-order valence-electron chi connectivity index (χ0n) is 18.0. The number of hydrogen-bond acceptors (Lipinski definition) is 4. The van der Waals surface area contributed by atoms with Gasteiger partial charge in [-0.05, 0) is 54.2 Å². The van der Waals surface area contributed by atoms with Gasteiger partial charge in [0.05, 0.1) is 12.2 Å². The highest BCUT2D eigenvalue weighted by molar-refractivity contribution is 5.95. The minimum atomic E-state index is -0.389. The van der Waals surface area contributed by atoms with Crippen LogP contribution in [0.2, 0.25) is 0 Å². The molecule has 1 amide bonds. The van der Waals surface area contributed by atoms with Crippen LogP contribution in [0.5, 0.6) is 5.75 Å². The molecule has 2 rings (SSSR count). The second kappa shape index (κ2) is 10.1. The predicted molar refractivity (Wildman–Crippen MR) is 116 cm³/mol. The van der Waals surface area contributed by atoms with Gasteiger partial charge in [0, 0.05) is 5.69 Å². The van der Waals surface area contributed by atoms with E-state index in [1.807, 2.05) is 32.0 Å². The Hall–Kier alpha value is -2.82. The van der Waals surface area contributed by atoms with E-state index >= 15 is 0 Å². The van der Waals surface area contributed by atoms with E-state index in [2.05, 4.69) is 26.1 Å². The van der Waals surface area contributed by atoms with E-state index in [0.29, 0.717) is 23.6 Å². The van der Waals surface area contributed by atoms with Crippen molar-refractivity contribution >= 4 is 17.6 Å². The minimum absolute atomic E-state index is 0.0913. The number of hydrogen-bond donors (Lipinski definition) is 1. The zero-order chi connectivity index (χ0) is 21.4. The number of benzene rings is 2. The summed E-state index contributed by atoms with van der Waals surface area (Å²) in [5.74, 6) is 0.0316. The normalized spacial score (nSPS) is 11.1. The summed E-state index contributed by atoms with van der Waals surface area (Å²) in [6.07, 6.45) is 1.79. The van der Waals surface area contributed by atoms with Crippen molar-refractivity contribution in [3.8, 4) is 5.75 Å². The zero-order valence-corrected chi connectivity index (χ0v) is 18.0. The van der Waals surface area contributed by atoms with Crippen LogP contribution in [0.4, 0.5) is 5.69 Å². The summed E-state index contributed by atoms with van der Waals surface area (Å²) in [5.41, 5.74) is 2.97. The summed E-state index contributed by atoms with van der Waals surface area (Å²) in [6.45, 7) is 10.6. The summed E-state index contributed by atoms with van der Waals surface area (Å²) in [7, 11) is 0. The van der Waals surface area contributed by atoms with Crippen molar-refractivity contribution in [2.24, 2.45) is 0 Å². The highest BCUT2D eigenvalue weighted by Crippen LogP contribution is 2.32. The summed E-state index contributed by atoms with van der Waals surface area (Å²) in [6, 6.07) is 12.7. The van der Waals surface area contributed by atoms with Gasteiger partial charge in [0.25, 0.3) is 5.91 Å². The molecule has 29 heavy (non-hydrogen) atoms. The first kappa shape index (κ1) is 22.5. The molecule has 0 bridgehead atoms. The average molecular weight is 398 g/mol. The van der Waals surface area contributed by atoms with Crippen molar-refractivity contribution in [1.29, 1.82) is 0 Å². The predicted octanol–water partition coefficient (Wildman–Crippen LogP) is 5.27. The molecule has 0 saturated heterocycles. The lowest BCUT2D eigenvalue weighted by Gasteiger charge is -2.23. The number of rotatable bonds is 8. The molecule has 0 heterocycles. The number of nitrogens with one attached hydrogen (secondary N) is 1. The topological polar surface area (TPSA) is 64.6 Å². The van der Waals surface area contributed by atoms with Crippen LogP contribution in [0, 0.1) is 6.92 Å². The highest BCUT2D eigenvalue weighted by atomic mass is 16.5. The molecule has 0 aliphatic heterocycles. The van der Waals surface area contributed by atoms with E-state index in [9.17, 15) is 9.59 Å². The van der Waals surface area contributed by atoms with Crippen LogP contribution in [0.1, 0.15) is 62.0 Å². The maximum absolute atomic E-state index is 12.4. The molecule has 5 nitrogen and oxygen atoms in total. The van der Waals surface area contributed by atoms with Gasteiger partial charge in [0.15, 0.2) is 6.61 Å². The Balaban J connectivity index is 1.99. The van der Waals surface area contributed by atoms with Gasteiger partial charge < -0.3 is 14.8 Å². The van der Waals surface area contributed by atoms with Crippen molar-refractivity contribution < 1.29 is 19.1 Å². The Labute approximate surface area is 173 Å². The van der Waals surface area contributed by atoms with E-state index in [4.69, 9.17) is 9.47 Å². The molecule has 0 radical (unpaired) electrons. The summed E-state index contributed by atoms with van der Waals surface area (Å²) in [5, 5.41) is 2.78. The number of anilines is 1. The van der Waals surface area contributed by atoms with Gasteiger partial charge in [-0.2, -0.15) is 0 Å². The average Bonchev–Trinajstić information content (AvgIpc) is 2.66. The first-order chi connectivity index (χ1) is 13.7. The fraction of sp³-hybridized carbons (Fsp3) is 0.417. The summed E-state index contributed by atoms with van der Waals surface area (Å²) in [4.78, 5) is 24.4. The second-order valence-corrected chi connectivity index (χ2v) is 8.16. The van der Waals surface area contributed by atoms with E-state index in [1.54, 1.807) is 24.3 Å². The van der Waals surface area contributed by atoms with Gasteiger partial charge in [-0.1, -0.05) is 52.3 Å². The van der Waals surface area contributed by atoms with E-state index in [-0.39, 0.29) is 23.9 Å². The number of unbranched alkanes of at least 4 members (excludes halogenated alkanes) is 1. The molecule has 1 N–H and O–H groups in total. The first-order valence-electron chi connectivity index (χ1n) is 10.0. The molecule has 2 aromatic rings. The van der Waals surface area contributed by atoms with Crippen LogP contribution in [0.15, 0.2) is 42.5 Å². The number of carbonyl (C=O) groups excluding carboxylic acids is 2. The molecular formula is C24H31NO4. The fourth-order valence-electron chi connectivity index (χ4n) is 2.83. The SMILES string of the molecule is CCCCOC(=O)c1cccc(NC(=O)COc2cc(C)ccc2C(C)(C)C)c1. The Kier molecular flexibility index (Phi) is 7.82. The lowest BCUT2D eigenvalue weighted by atomic mass is 9.86. The monoisotopic (exact) mass is 397 g/mol. The molecule has 0 atom stereocenters.